The number of benzene rings is 1. The number of hydrogen-bond acceptors (Lipinski definition) is 4. The van der Waals surface area contributed by atoms with Crippen LogP contribution in [0.3, 0.4) is 0 Å². The molecule has 1 aromatic rings. The fourth-order valence-corrected chi connectivity index (χ4v) is 2.16. The van der Waals surface area contributed by atoms with E-state index in [4.69, 9.17) is 10.9 Å². The lowest BCUT2D eigenvalue weighted by molar-refractivity contribution is -0.118. The van der Waals surface area contributed by atoms with E-state index in [1.165, 1.54) is 12.1 Å². The average molecular weight is 285 g/mol. The van der Waals surface area contributed by atoms with Gasteiger partial charge >= 0.3 is 0 Å². The first kappa shape index (κ1) is 15.6. The molecule has 0 heterocycles. The molecule has 6 nitrogen and oxygen atoms in total. The van der Waals surface area contributed by atoms with Crippen LogP contribution in [0.2, 0.25) is 0 Å². The number of hydrogen-bond donors (Lipinski definition) is 3. The Morgan fingerprint density at radius 3 is 2.37 bits per heavy atom. The number of sulfonamides is 1. The number of primary amides is 1. The molecule has 0 aliphatic carbocycles. The second-order valence-corrected chi connectivity index (χ2v) is 5.92. The Labute approximate surface area is 113 Å². The SMILES string of the molecule is CC(NCCCC(N)=O)c1ccc(S(N)(=O)=O)cc1. The summed E-state index contributed by atoms with van der Waals surface area (Å²) >= 11 is 0. The van der Waals surface area contributed by atoms with E-state index in [0.717, 1.165) is 5.56 Å². The van der Waals surface area contributed by atoms with Crippen molar-refractivity contribution < 1.29 is 13.2 Å². The van der Waals surface area contributed by atoms with Crippen molar-refractivity contribution in [3.63, 3.8) is 0 Å². The first-order chi connectivity index (χ1) is 8.80. The van der Waals surface area contributed by atoms with Gasteiger partial charge in [-0.25, -0.2) is 13.6 Å². The lowest BCUT2D eigenvalue weighted by atomic mass is 10.1. The molecule has 0 spiro atoms. The predicted octanol–water partition coefficient (Wildman–Crippen LogP) is 0.250. The van der Waals surface area contributed by atoms with Gasteiger partial charge in [0.1, 0.15) is 0 Å². The van der Waals surface area contributed by atoms with Crippen molar-refractivity contribution in [2.75, 3.05) is 6.54 Å². The van der Waals surface area contributed by atoms with Crippen LogP contribution in [0.4, 0.5) is 0 Å². The topological polar surface area (TPSA) is 115 Å². The third-order valence-electron chi connectivity index (χ3n) is 2.76. The summed E-state index contributed by atoms with van der Waals surface area (Å²) in [5.74, 6) is -0.313. The number of nitrogens with two attached hydrogens (primary N) is 2. The highest BCUT2D eigenvalue weighted by Crippen LogP contribution is 2.15. The van der Waals surface area contributed by atoms with Crippen molar-refractivity contribution >= 4 is 15.9 Å². The molecule has 0 saturated heterocycles. The van der Waals surface area contributed by atoms with Gasteiger partial charge in [0.05, 0.1) is 4.90 Å². The van der Waals surface area contributed by atoms with Crippen LogP contribution in [0, 0.1) is 0 Å². The van der Waals surface area contributed by atoms with Gasteiger partial charge in [-0.15, -0.1) is 0 Å². The van der Waals surface area contributed by atoms with Crippen LogP contribution in [0.25, 0.3) is 0 Å². The molecule has 0 aliphatic rings. The molecule has 1 aromatic carbocycles. The summed E-state index contributed by atoms with van der Waals surface area (Å²) in [6.07, 6.45) is 1.03. The molecule has 7 heteroatoms. The van der Waals surface area contributed by atoms with Gasteiger partial charge in [0.25, 0.3) is 0 Å². The van der Waals surface area contributed by atoms with Crippen LogP contribution in [-0.2, 0) is 14.8 Å². The lowest BCUT2D eigenvalue weighted by Crippen LogP contribution is -2.22. The van der Waals surface area contributed by atoms with Crippen molar-refractivity contribution in [3.05, 3.63) is 29.8 Å². The Morgan fingerprint density at radius 2 is 1.89 bits per heavy atom. The number of primary sulfonamides is 1. The molecule has 5 N–H and O–H groups in total. The van der Waals surface area contributed by atoms with Crippen molar-refractivity contribution in [2.24, 2.45) is 10.9 Å². The second-order valence-electron chi connectivity index (χ2n) is 4.36. The predicted molar refractivity (Wildman–Crippen MR) is 72.7 cm³/mol. The van der Waals surface area contributed by atoms with Gasteiger partial charge in [-0.3, -0.25) is 4.79 Å². The molecule has 1 rings (SSSR count). The molecule has 0 aromatic heterocycles. The van der Waals surface area contributed by atoms with Crippen LogP contribution in [0.1, 0.15) is 31.4 Å². The average Bonchev–Trinajstić information content (AvgIpc) is 2.33. The largest absolute Gasteiger partial charge is 0.370 e. The van der Waals surface area contributed by atoms with Gasteiger partial charge in [0, 0.05) is 12.5 Å². The maximum atomic E-state index is 11.1. The van der Waals surface area contributed by atoms with E-state index < -0.39 is 10.0 Å². The molecule has 0 bridgehead atoms. The first-order valence-corrected chi connectivity index (χ1v) is 7.50. The van der Waals surface area contributed by atoms with Gasteiger partial charge in [-0.1, -0.05) is 12.1 Å². The maximum Gasteiger partial charge on any atom is 0.238 e. The summed E-state index contributed by atoms with van der Waals surface area (Å²) in [5, 5.41) is 8.25. The Bertz CT molecular complexity index is 526. The minimum atomic E-state index is -3.65. The highest BCUT2D eigenvalue weighted by molar-refractivity contribution is 7.89. The third-order valence-corrected chi connectivity index (χ3v) is 3.69. The molecule has 0 aliphatic heterocycles. The zero-order chi connectivity index (χ0) is 14.5. The standard InChI is InChI=1S/C12H19N3O3S/c1-9(15-8-2-3-12(13)16)10-4-6-11(7-5-10)19(14,17)18/h4-7,9,15H,2-3,8H2,1H3,(H2,13,16)(H2,14,17,18). The monoisotopic (exact) mass is 285 g/mol. The van der Waals surface area contributed by atoms with E-state index in [1.807, 2.05) is 6.92 Å². The molecule has 106 valence electrons. The highest BCUT2D eigenvalue weighted by Gasteiger charge is 2.09. The van der Waals surface area contributed by atoms with Gasteiger partial charge in [0.2, 0.25) is 15.9 Å². The van der Waals surface area contributed by atoms with E-state index in [2.05, 4.69) is 5.32 Å². The smallest absolute Gasteiger partial charge is 0.238 e. The fraction of sp³-hybridized carbons (Fsp3) is 0.417. The number of amides is 1. The molecule has 0 radical (unpaired) electrons. The molecule has 1 amide bonds. The Morgan fingerprint density at radius 1 is 1.32 bits per heavy atom. The van der Waals surface area contributed by atoms with Crippen LogP contribution < -0.4 is 16.2 Å². The second kappa shape index (κ2) is 6.65. The van der Waals surface area contributed by atoms with E-state index in [0.29, 0.717) is 19.4 Å². The van der Waals surface area contributed by atoms with Crippen molar-refractivity contribution in [3.8, 4) is 0 Å². The summed E-state index contributed by atoms with van der Waals surface area (Å²) in [5.41, 5.74) is 5.99. The number of nitrogens with one attached hydrogen (secondary N) is 1. The third kappa shape index (κ3) is 5.37. The summed E-state index contributed by atoms with van der Waals surface area (Å²) in [7, 11) is -3.65. The van der Waals surface area contributed by atoms with Gasteiger partial charge in [-0.2, -0.15) is 0 Å². The Kier molecular flexibility index (Phi) is 5.46. The van der Waals surface area contributed by atoms with Crippen LogP contribution in [0.15, 0.2) is 29.2 Å². The minimum absolute atomic E-state index is 0.0578. The molecule has 0 fully saturated rings. The summed E-state index contributed by atoms with van der Waals surface area (Å²) in [6, 6.07) is 6.44. The normalized spacial score (nSPS) is 13.2. The molecule has 1 atom stereocenters. The van der Waals surface area contributed by atoms with Gasteiger partial charge < -0.3 is 11.1 Å². The van der Waals surface area contributed by atoms with Crippen LogP contribution in [0.5, 0.6) is 0 Å². The summed E-state index contributed by atoms with van der Waals surface area (Å²) in [6.45, 7) is 2.62. The van der Waals surface area contributed by atoms with Crippen molar-refractivity contribution in [1.29, 1.82) is 0 Å². The minimum Gasteiger partial charge on any atom is -0.370 e. The summed E-state index contributed by atoms with van der Waals surface area (Å²) in [4.78, 5) is 10.7. The van der Waals surface area contributed by atoms with Crippen molar-refractivity contribution in [1.82, 2.24) is 5.32 Å². The van der Waals surface area contributed by atoms with E-state index in [9.17, 15) is 13.2 Å². The Hall–Kier alpha value is -1.44. The fourth-order valence-electron chi connectivity index (χ4n) is 1.65. The quantitative estimate of drug-likeness (QED) is 0.623. The summed E-state index contributed by atoms with van der Waals surface area (Å²) < 4.78 is 22.2. The van der Waals surface area contributed by atoms with Gasteiger partial charge in [0.15, 0.2) is 0 Å². The molecular weight excluding hydrogens is 266 g/mol. The van der Waals surface area contributed by atoms with Crippen molar-refractivity contribution in [2.45, 2.75) is 30.7 Å². The van der Waals surface area contributed by atoms with Crippen LogP contribution >= 0.6 is 0 Å². The van der Waals surface area contributed by atoms with E-state index >= 15 is 0 Å². The van der Waals surface area contributed by atoms with Crippen LogP contribution in [-0.4, -0.2) is 20.9 Å². The molecule has 0 saturated carbocycles. The number of carbonyl (C=O) groups is 1. The molecule has 19 heavy (non-hydrogen) atoms. The first-order valence-electron chi connectivity index (χ1n) is 5.95. The Balaban J connectivity index is 2.54. The number of carbonyl (C=O) groups excluding carboxylic acids is 1. The highest BCUT2D eigenvalue weighted by atomic mass is 32.2. The number of rotatable bonds is 7. The van der Waals surface area contributed by atoms with E-state index in [-0.39, 0.29) is 16.8 Å². The molecular formula is C12H19N3O3S. The van der Waals surface area contributed by atoms with Gasteiger partial charge in [-0.05, 0) is 37.6 Å². The zero-order valence-electron chi connectivity index (χ0n) is 10.8. The lowest BCUT2D eigenvalue weighted by Gasteiger charge is -2.14. The zero-order valence-corrected chi connectivity index (χ0v) is 11.6. The molecule has 1 unspecified atom stereocenters. The van der Waals surface area contributed by atoms with E-state index in [1.54, 1.807) is 12.1 Å². The maximum absolute atomic E-state index is 11.1.